The van der Waals surface area contributed by atoms with Crippen LogP contribution in [0.2, 0.25) is 5.02 Å². The first-order valence-corrected chi connectivity index (χ1v) is 7.37. The van der Waals surface area contributed by atoms with Crippen molar-refractivity contribution in [3.63, 3.8) is 0 Å². The molecule has 2 aliphatic rings. The maximum Gasteiger partial charge on any atom is 0.0408 e. The van der Waals surface area contributed by atoms with Gasteiger partial charge in [0.25, 0.3) is 0 Å². The van der Waals surface area contributed by atoms with E-state index in [1.165, 1.54) is 5.56 Å². The van der Waals surface area contributed by atoms with Gasteiger partial charge in [0.05, 0.1) is 0 Å². The van der Waals surface area contributed by atoms with E-state index in [0.717, 1.165) is 17.9 Å². The lowest BCUT2D eigenvalue weighted by atomic mass is 9.74. The van der Waals surface area contributed by atoms with Crippen LogP contribution in [0.3, 0.4) is 0 Å². The van der Waals surface area contributed by atoms with E-state index in [1.54, 1.807) is 0 Å². The van der Waals surface area contributed by atoms with Crippen LogP contribution in [0.15, 0.2) is 24.3 Å². The molecule has 1 heterocycles. The summed E-state index contributed by atoms with van der Waals surface area (Å²) >= 11 is 12.7. The molecule has 1 aliphatic heterocycles. The van der Waals surface area contributed by atoms with Crippen LogP contribution in [-0.2, 0) is 0 Å². The van der Waals surface area contributed by atoms with E-state index >= 15 is 0 Å². The number of hydrazine groups is 1. The molecule has 2 fully saturated rings. The summed E-state index contributed by atoms with van der Waals surface area (Å²) in [6, 6.07) is 9.11. The Labute approximate surface area is 118 Å². The lowest BCUT2D eigenvalue weighted by Gasteiger charge is -2.36. The number of alkyl halides is 1. The number of fused-ring (bicyclic) bond motifs is 1. The van der Waals surface area contributed by atoms with Crippen LogP contribution in [0.1, 0.15) is 31.2 Å². The number of hydrogen-bond donors (Lipinski definition) is 2. The van der Waals surface area contributed by atoms with Crippen LogP contribution >= 0.6 is 23.2 Å². The maximum atomic E-state index is 6.58. The molecule has 3 rings (SSSR count). The van der Waals surface area contributed by atoms with E-state index in [-0.39, 0.29) is 5.38 Å². The first-order valence-electron chi connectivity index (χ1n) is 6.55. The Morgan fingerprint density at radius 3 is 2.83 bits per heavy atom. The van der Waals surface area contributed by atoms with Gasteiger partial charge in [-0.3, -0.25) is 10.9 Å². The summed E-state index contributed by atoms with van der Waals surface area (Å²) in [6.07, 6.45) is 2.17. The Morgan fingerprint density at radius 2 is 2.06 bits per heavy atom. The molecular weight excluding hydrogens is 267 g/mol. The highest BCUT2D eigenvalue weighted by molar-refractivity contribution is 6.30. The second kappa shape index (κ2) is 5.01. The zero-order valence-corrected chi connectivity index (χ0v) is 11.9. The van der Waals surface area contributed by atoms with E-state index in [0.29, 0.717) is 23.9 Å². The molecule has 98 valence electrons. The Hall–Kier alpha value is -0.280. The zero-order valence-electron chi connectivity index (χ0n) is 10.4. The van der Waals surface area contributed by atoms with Gasteiger partial charge in [-0.1, -0.05) is 23.7 Å². The SMILES string of the molecule is CC1NNC2CC(c3cccc(Cl)c3)CC(Cl)C12. The van der Waals surface area contributed by atoms with Crippen molar-refractivity contribution in [3.8, 4) is 0 Å². The lowest BCUT2D eigenvalue weighted by Crippen LogP contribution is -2.40. The predicted octanol–water partition coefficient (Wildman–Crippen LogP) is 3.31. The minimum absolute atomic E-state index is 0.227. The summed E-state index contributed by atoms with van der Waals surface area (Å²) in [4.78, 5) is 0. The van der Waals surface area contributed by atoms with Crippen molar-refractivity contribution < 1.29 is 0 Å². The first kappa shape index (κ1) is 12.7. The maximum absolute atomic E-state index is 6.58. The standard InChI is InChI=1S/C14H18Cl2N2/c1-8-14-12(16)6-10(7-13(14)18-17-8)9-3-2-4-11(15)5-9/h2-5,8,10,12-14,17-18H,6-7H2,1H3. The van der Waals surface area contributed by atoms with E-state index in [1.807, 2.05) is 12.1 Å². The van der Waals surface area contributed by atoms with Crippen molar-refractivity contribution in [2.75, 3.05) is 0 Å². The fourth-order valence-corrected chi connectivity index (χ4v) is 4.23. The molecule has 0 bridgehead atoms. The van der Waals surface area contributed by atoms with Crippen LogP contribution < -0.4 is 10.9 Å². The van der Waals surface area contributed by atoms with Crippen LogP contribution in [0, 0.1) is 5.92 Å². The van der Waals surface area contributed by atoms with E-state index in [4.69, 9.17) is 23.2 Å². The molecule has 0 radical (unpaired) electrons. The quantitative estimate of drug-likeness (QED) is 0.774. The number of rotatable bonds is 1. The highest BCUT2D eigenvalue weighted by atomic mass is 35.5. The monoisotopic (exact) mass is 284 g/mol. The van der Waals surface area contributed by atoms with Crippen LogP contribution in [-0.4, -0.2) is 17.5 Å². The molecule has 1 aromatic rings. The summed E-state index contributed by atoms with van der Waals surface area (Å²) in [7, 11) is 0. The molecule has 1 saturated carbocycles. The summed E-state index contributed by atoms with van der Waals surface area (Å²) in [6.45, 7) is 2.20. The van der Waals surface area contributed by atoms with Crippen LogP contribution in [0.5, 0.6) is 0 Å². The van der Waals surface area contributed by atoms with Gasteiger partial charge in [-0.2, -0.15) is 0 Å². The molecule has 0 aromatic heterocycles. The topological polar surface area (TPSA) is 24.1 Å². The van der Waals surface area contributed by atoms with Gasteiger partial charge >= 0.3 is 0 Å². The predicted molar refractivity (Wildman–Crippen MR) is 76.1 cm³/mol. The minimum atomic E-state index is 0.227. The molecule has 0 amide bonds. The number of nitrogens with one attached hydrogen (secondary N) is 2. The van der Waals surface area contributed by atoms with Crippen molar-refractivity contribution in [3.05, 3.63) is 34.9 Å². The average molecular weight is 285 g/mol. The van der Waals surface area contributed by atoms with Gasteiger partial charge in [-0.05, 0) is 43.4 Å². The minimum Gasteiger partial charge on any atom is -0.254 e. The molecule has 0 spiro atoms. The third kappa shape index (κ3) is 2.27. The second-order valence-corrected chi connectivity index (χ2v) is 6.50. The third-order valence-electron chi connectivity index (χ3n) is 4.32. The lowest BCUT2D eigenvalue weighted by molar-refractivity contribution is 0.290. The fourth-order valence-electron chi connectivity index (χ4n) is 3.43. The third-order valence-corrected chi connectivity index (χ3v) is 5.03. The van der Waals surface area contributed by atoms with E-state index in [9.17, 15) is 0 Å². The summed E-state index contributed by atoms with van der Waals surface area (Å²) in [5, 5.41) is 1.04. The number of benzene rings is 1. The summed E-state index contributed by atoms with van der Waals surface area (Å²) < 4.78 is 0. The van der Waals surface area contributed by atoms with Crippen molar-refractivity contribution in [2.24, 2.45) is 5.92 Å². The molecule has 2 N–H and O–H groups in total. The van der Waals surface area contributed by atoms with Gasteiger partial charge in [-0.25, -0.2) is 0 Å². The molecule has 2 nitrogen and oxygen atoms in total. The highest BCUT2D eigenvalue weighted by Gasteiger charge is 2.43. The van der Waals surface area contributed by atoms with Crippen molar-refractivity contribution >= 4 is 23.2 Å². The van der Waals surface area contributed by atoms with Gasteiger partial charge in [0.15, 0.2) is 0 Å². The number of hydrogen-bond acceptors (Lipinski definition) is 2. The molecule has 18 heavy (non-hydrogen) atoms. The van der Waals surface area contributed by atoms with Crippen LogP contribution in [0.4, 0.5) is 0 Å². The first-order chi connectivity index (χ1) is 8.65. The molecule has 1 aliphatic carbocycles. The van der Waals surface area contributed by atoms with E-state index < -0.39 is 0 Å². The van der Waals surface area contributed by atoms with Gasteiger partial charge in [0.1, 0.15) is 0 Å². The molecule has 5 unspecified atom stereocenters. The summed E-state index contributed by atoms with van der Waals surface area (Å²) in [5.74, 6) is 1.04. The van der Waals surface area contributed by atoms with E-state index in [2.05, 4.69) is 29.9 Å². The molecule has 1 aromatic carbocycles. The summed E-state index contributed by atoms with van der Waals surface area (Å²) in [5.41, 5.74) is 8.01. The van der Waals surface area contributed by atoms with Crippen molar-refractivity contribution in [1.82, 2.24) is 10.9 Å². The Bertz CT molecular complexity index is 438. The van der Waals surface area contributed by atoms with Gasteiger partial charge < -0.3 is 0 Å². The Balaban J connectivity index is 1.80. The molecular formula is C14H18Cl2N2. The second-order valence-electron chi connectivity index (χ2n) is 5.50. The van der Waals surface area contributed by atoms with Gasteiger partial charge in [-0.15, -0.1) is 11.6 Å². The fraction of sp³-hybridized carbons (Fsp3) is 0.571. The van der Waals surface area contributed by atoms with Gasteiger partial charge in [0, 0.05) is 28.4 Å². The highest BCUT2D eigenvalue weighted by Crippen LogP contribution is 2.41. The zero-order chi connectivity index (χ0) is 12.7. The Kier molecular flexibility index (Phi) is 3.55. The van der Waals surface area contributed by atoms with Crippen molar-refractivity contribution in [2.45, 2.75) is 43.1 Å². The molecule has 5 atom stereocenters. The number of halogens is 2. The van der Waals surface area contributed by atoms with Crippen LogP contribution in [0.25, 0.3) is 0 Å². The molecule has 1 saturated heterocycles. The average Bonchev–Trinajstić information content (AvgIpc) is 2.71. The smallest absolute Gasteiger partial charge is 0.0408 e. The largest absolute Gasteiger partial charge is 0.254 e. The normalized spacial score (nSPS) is 39.6. The van der Waals surface area contributed by atoms with Gasteiger partial charge in [0.2, 0.25) is 0 Å². The Morgan fingerprint density at radius 1 is 1.22 bits per heavy atom. The molecule has 4 heteroatoms. The van der Waals surface area contributed by atoms with Crippen molar-refractivity contribution in [1.29, 1.82) is 0 Å².